The predicted octanol–water partition coefficient (Wildman–Crippen LogP) is 1.61. The van der Waals surface area contributed by atoms with E-state index in [-0.39, 0.29) is 12.6 Å². The molecule has 1 saturated heterocycles. The third-order valence-corrected chi connectivity index (χ3v) is 3.55. The SMILES string of the molecule is CC1CNCC(CO)N1c1ccc(Br)cc1. The molecular formula is C12H17BrN2O. The lowest BCUT2D eigenvalue weighted by atomic mass is 10.1. The van der Waals surface area contributed by atoms with Gasteiger partial charge in [0.1, 0.15) is 0 Å². The average molecular weight is 285 g/mol. The van der Waals surface area contributed by atoms with Crippen LogP contribution in [0.4, 0.5) is 5.69 Å². The largest absolute Gasteiger partial charge is 0.394 e. The van der Waals surface area contributed by atoms with E-state index in [2.05, 4.69) is 45.2 Å². The topological polar surface area (TPSA) is 35.5 Å². The Morgan fingerprint density at radius 2 is 2.06 bits per heavy atom. The number of benzene rings is 1. The maximum absolute atomic E-state index is 9.40. The van der Waals surface area contributed by atoms with E-state index < -0.39 is 0 Å². The van der Waals surface area contributed by atoms with Crippen molar-refractivity contribution in [3.05, 3.63) is 28.7 Å². The van der Waals surface area contributed by atoms with Crippen LogP contribution in [-0.2, 0) is 0 Å². The van der Waals surface area contributed by atoms with Crippen molar-refractivity contribution in [3.8, 4) is 0 Å². The molecule has 1 heterocycles. The Labute approximate surface area is 105 Å². The molecule has 0 bridgehead atoms. The summed E-state index contributed by atoms with van der Waals surface area (Å²) in [6, 6.07) is 8.84. The molecule has 3 nitrogen and oxygen atoms in total. The number of aliphatic hydroxyl groups is 1. The molecule has 2 unspecified atom stereocenters. The molecule has 2 atom stereocenters. The summed E-state index contributed by atoms with van der Waals surface area (Å²) >= 11 is 3.44. The van der Waals surface area contributed by atoms with Gasteiger partial charge in [-0.2, -0.15) is 0 Å². The van der Waals surface area contributed by atoms with Crippen molar-refractivity contribution in [1.29, 1.82) is 0 Å². The first kappa shape index (κ1) is 11.9. The second-order valence-electron chi connectivity index (χ2n) is 4.23. The van der Waals surface area contributed by atoms with E-state index >= 15 is 0 Å². The second kappa shape index (κ2) is 5.17. The molecule has 4 heteroatoms. The lowest BCUT2D eigenvalue weighted by molar-refractivity contribution is 0.235. The maximum atomic E-state index is 9.40. The molecule has 1 aromatic rings. The van der Waals surface area contributed by atoms with Gasteiger partial charge in [0.2, 0.25) is 0 Å². The zero-order chi connectivity index (χ0) is 11.5. The fourth-order valence-electron chi connectivity index (χ4n) is 2.25. The Bertz CT molecular complexity index is 341. The van der Waals surface area contributed by atoms with Crippen molar-refractivity contribution in [1.82, 2.24) is 5.32 Å². The van der Waals surface area contributed by atoms with Crippen molar-refractivity contribution in [2.75, 3.05) is 24.6 Å². The van der Waals surface area contributed by atoms with Crippen LogP contribution >= 0.6 is 15.9 Å². The molecule has 1 aromatic carbocycles. The lowest BCUT2D eigenvalue weighted by Gasteiger charge is -2.42. The highest BCUT2D eigenvalue weighted by Crippen LogP contribution is 2.23. The molecule has 0 aliphatic carbocycles. The number of hydrogen-bond donors (Lipinski definition) is 2. The quantitative estimate of drug-likeness (QED) is 0.866. The third-order valence-electron chi connectivity index (χ3n) is 3.02. The summed E-state index contributed by atoms with van der Waals surface area (Å²) in [7, 11) is 0. The number of anilines is 1. The molecule has 0 saturated carbocycles. The Balaban J connectivity index is 2.24. The molecule has 0 amide bonds. The molecule has 1 aliphatic rings. The van der Waals surface area contributed by atoms with E-state index in [1.165, 1.54) is 5.69 Å². The van der Waals surface area contributed by atoms with Crippen LogP contribution in [0.1, 0.15) is 6.92 Å². The Morgan fingerprint density at radius 1 is 1.38 bits per heavy atom. The second-order valence-corrected chi connectivity index (χ2v) is 5.14. The van der Waals surface area contributed by atoms with E-state index in [0.29, 0.717) is 6.04 Å². The Hall–Kier alpha value is -0.580. The summed E-state index contributed by atoms with van der Waals surface area (Å²) in [5, 5.41) is 12.7. The van der Waals surface area contributed by atoms with Gasteiger partial charge in [0, 0.05) is 29.3 Å². The van der Waals surface area contributed by atoms with Gasteiger partial charge in [-0.15, -0.1) is 0 Å². The van der Waals surface area contributed by atoms with Gasteiger partial charge < -0.3 is 15.3 Å². The van der Waals surface area contributed by atoms with Crippen LogP contribution in [0.3, 0.4) is 0 Å². The molecular weight excluding hydrogens is 268 g/mol. The van der Waals surface area contributed by atoms with Crippen LogP contribution in [-0.4, -0.2) is 36.9 Å². The standard InChI is InChI=1S/C12H17BrN2O/c1-9-6-14-7-12(8-16)15(9)11-4-2-10(13)3-5-11/h2-5,9,12,14,16H,6-8H2,1H3. The smallest absolute Gasteiger partial charge is 0.0649 e. The predicted molar refractivity (Wildman–Crippen MR) is 69.8 cm³/mol. The van der Waals surface area contributed by atoms with Gasteiger partial charge in [-0.05, 0) is 31.2 Å². The summed E-state index contributed by atoms with van der Waals surface area (Å²) in [6.45, 7) is 4.17. The number of hydrogen-bond acceptors (Lipinski definition) is 3. The van der Waals surface area contributed by atoms with Gasteiger partial charge in [-0.3, -0.25) is 0 Å². The van der Waals surface area contributed by atoms with E-state index in [4.69, 9.17) is 0 Å². The normalized spacial score (nSPS) is 25.8. The molecule has 1 fully saturated rings. The average Bonchev–Trinajstić information content (AvgIpc) is 2.30. The fourth-order valence-corrected chi connectivity index (χ4v) is 2.51. The van der Waals surface area contributed by atoms with Crippen LogP contribution in [0.5, 0.6) is 0 Å². The van der Waals surface area contributed by atoms with Crippen LogP contribution in [0, 0.1) is 0 Å². The lowest BCUT2D eigenvalue weighted by Crippen LogP contribution is -2.57. The molecule has 0 aromatic heterocycles. The Kier molecular flexibility index (Phi) is 3.84. The number of rotatable bonds is 2. The van der Waals surface area contributed by atoms with Gasteiger partial charge >= 0.3 is 0 Å². The summed E-state index contributed by atoms with van der Waals surface area (Å²) in [4.78, 5) is 2.29. The molecule has 16 heavy (non-hydrogen) atoms. The number of piperazine rings is 1. The van der Waals surface area contributed by atoms with Gasteiger partial charge in [-0.1, -0.05) is 15.9 Å². The van der Waals surface area contributed by atoms with Crippen molar-refractivity contribution in [3.63, 3.8) is 0 Å². The molecule has 2 rings (SSSR count). The number of nitrogens with zero attached hydrogens (tertiary/aromatic N) is 1. The van der Waals surface area contributed by atoms with Crippen LogP contribution in [0.2, 0.25) is 0 Å². The summed E-state index contributed by atoms with van der Waals surface area (Å²) in [6.07, 6.45) is 0. The van der Waals surface area contributed by atoms with Crippen LogP contribution in [0.25, 0.3) is 0 Å². The minimum Gasteiger partial charge on any atom is -0.394 e. The van der Waals surface area contributed by atoms with Gasteiger partial charge in [0.05, 0.1) is 12.6 Å². The van der Waals surface area contributed by atoms with Gasteiger partial charge in [0.25, 0.3) is 0 Å². The van der Waals surface area contributed by atoms with Gasteiger partial charge in [-0.25, -0.2) is 0 Å². The number of halogens is 1. The van der Waals surface area contributed by atoms with Crippen LogP contribution < -0.4 is 10.2 Å². The summed E-state index contributed by atoms with van der Waals surface area (Å²) < 4.78 is 1.08. The highest BCUT2D eigenvalue weighted by Gasteiger charge is 2.26. The zero-order valence-electron chi connectivity index (χ0n) is 9.36. The first-order chi connectivity index (χ1) is 7.72. The fraction of sp³-hybridized carbons (Fsp3) is 0.500. The first-order valence-corrected chi connectivity index (χ1v) is 6.37. The summed E-state index contributed by atoms with van der Waals surface area (Å²) in [5.41, 5.74) is 1.18. The minimum atomic E-state index is 0.171. The maximum Gasteiger partial charge on any atom is 0.0649 e. The number of nitrogens with one attached hydrogen (secondary N) is 1. The zero-order valence-corrected chi connectivity index (χ0v) is 10.9. The molecule has 88 valence electrons. The highest BCUT2D eigenvalue weighted by atomic mass is 79.9. The monoisotopic (exact) mass is 284 g/mol. The van der Waals surface area contributed by atoms with Crippen molar-refractivity contribution in [2.24, 2.45) is 0 Å². The van der Waals surface area contributed by atoms with Gasteiger partial charge in [0.15, 0.2) is 0 Å². The highest BCUT2D eigenvalue weighted by molar-refractivity contribution is 9.10. The van der Waals surface area contributed by atoms with Crippen molar-refractivity contribution >= 4 is 21.6 Å². The Morgan fingerprint density at radius 3 is 2.69 bits per heavy atom. The first-order valence-electron chi connectivity index (χ1n) is 5.58. The molecule has 0 radical (unpaired) electrons. The van der Waals surface area contributed by atoms with Crippen molar-refractivity contribution < 1.29 is 5.11 Å². The van der Waals surface area contributed by atoms with E-state index in [1.54, 1.807) is 0 Å². The van der Waals surface area contributed by atoms with E-state index in [0.717, 1.165) is 17.6 Å². The van der Waals surface area contributed by atoms with E-state index in [1.807, 2.05) is 12.1 Å². The molecule has 1 aliphatic heterocycles. The van der Waals surface area contributed by atoms with Crippen molar-refractivity contribution in [2.45, 2.75) is 19.0 Å². The molecule has 0 spiro atoms. The minimum absolute atomic E-state index is 0.171. The summed E-state index contributed by atoms with van der Waals surface area (Å²) in [5.74, 6) is 0. The number of aliphatic hydroxyl groups excluding tert-OH is 1. The third kappa shape index (κ3) is 2.39. The van der Waals surface area contributed by atoms with E-state index in [9.17, 15) is 5.11 Å². The van der Waals surface area contributed by atoms with Crippen LogP contribution in [0.15, 0.2) is 28.7 Å². The molecule has 2 N–H and O–H groups in total.